The van der Waals surface area contributed by atoms with Crippen LogP contribution in [0.25, 0.3) is 0 Å². The van der Waals surface area contributed by atoms with E-state index in [2.05, 4.69) is 29.5 Å². The Kier molecular flexibility index (Phi) is 2.77. The van der Waals surface area contributed by atoms with E-state index in [1.54, 1.807) is 6.08 Å². The van der Waals surface area contributed by atoms with E-state index in [-0.39, 0.29) is 27.2 Å². The summed E-state index contributed by atoms with van der Waals surface area (Å²) < 4.78 is 0. The Morgan fingerprint density at radius 3 is 2.89 bits per heavy atom. The Hall–Kier alpha value is -1.17. The highest BCUT2D eigenvalue weighted by molar-refractivity contribution is 8.19. The first-order chi connectivity index (χ1) is 8.63. The first kappa shape index (κ1) is 11.9. The number of carbonyl (C=O) groups excluding carboxylic acids is 2. The zero-order chi connectivity index (χ0) is 12.9. The van der Waals surface area contributed by atoms with Gasteiger partial charge < -0.3 is 0 Å². The smallest absolute Gasteiger partial charge is 0.223 e. The van der Waals surface area contributed by atoms with E-state index in [1.807, 2.05) is 6.26 Å². The van der Waals surface area contributed by atoms with E-state index in [1.165, 1.54) is 0 Å². The average Bonchev–Trinajstić information content (AvgIpc) is 2.37. The van der Waals surface area contributed by atoms with Crippen LogP contribution in [0.3, 0.4) is 0 Å². The number of hydrogen-bond acceptors (Lipinski definition) is 2. The van der Waals surface area contributed by atoms with Crippen molar-refractivity contribution < 1.29 is 14.5 Å². The summed E-state index contributed by atoms with van der Waals surface area (Å²) in [6, 6.07) is 0. The Morgan fingerprint density at radius 2 is 2.17 bits per heavy atom. The zero-order valence-electron chi connectivity index (χ0n) is 10.1. The van der Waals surface area contributed by atoms with E-state index in [0.29, 0.717) is 11.9 Å². The first-order valence-electron chi connectivity index (χ1n) is 5.50. The van der Waals surface area contributed by atoms with Crippen molar-refractivity contribution in [2.45, 2.75) is 0 Å². The minimum atomic E-state index is -0.204. The molecule has 2 aliphatic heterocycles. The SMILES string of the molecule is CS1=C2C(=O)C(C=O)=CC3=C2[NH+](C=C1)C=C[S+]3C. The van der Waals surface area contributed by atoms with Gasteiger partial charge in [-0.1, -0.05) is 0 Å². The van der Waals surface area contributed by atoms with Crippen molar-refractivity contribution in [3.05, 3.63) is 45.5 Å². The van der Waals surface area contributed by atoms with Crippen molar-refractivity contribution in [2.75, 3.05) is 12.5 Å². The molecule has 92 valence electrons. The molecule has 3 rings (SSSR count). The Balaban J connectivity index is 2.31. The van der Waals surface area contributed by atoms with Gasteiger partial charge in [-0.25, -0.2) is 4.90 Å². The van der Waals surface area contributed by atoms with Crippen molar-refractivity contribution in [3.63, 3.8) is 0 Å². The fourth-order valence-corrected chi connectivity index (χ4v) is 5.14. The lowest BCUT2D eigenvalue weighted by molar-refractivity contribution is -0.738. The van der Waals surface area contributed by atoms with Crippen LogP contribution in [0.4, 0.5) is 0 Å². The van der Waals surface area contributed by atoms with Crippen molar-refractivity contribution >= 4 is 38.3 Å². The highest BCUT2D eigenvalue weighted by atomic mass is 32.2. The molecular formula is C13H13NO2S2+2. The second-order valence-corrected chi connectivity index (χ2v) is 7.91. The summed E-state index contributed by atoms with van der Waals surface area (Å²) in [7, 11) is -0.232. The first-order valence-corrected chi connectivity index (χ1v) is 8.89. The topological polar surface area (TPSA) is 38.6 Å². The largest absolute Gasteiger partial charge is 0.298 e. The molecule has 0 saturated carbocycles. The number of hydrogen-bond donors (Lipinski definition) is 1. The molecular weight excluding hydrogens is 266 g/mol. The molecule has 0 radical (unpaired) electrons. The summed E-state index contributed by atoms with van der Waals surface area (Å²) in [4.78, 5) is 26.4. The van der Waals surface area contributed by atoms with E-state index < -0.39 is 0 Å². The van der Waals surface area contributed by atoms with Gasteiger partial charge in [0, 0.05) is 11.5 Å². The normalized spacial score (nSPS) is 33.4. The third kappa shape index (κ3) is 1.55. The van der Waals surface area contributed by atoms with E-state index >= 15 is 0 Å². The zero-order valence-corrected chi connectivity index (χ0v) is 11.7. The molecule has 5 heteroatoms. The number of carbonyl (C=O) groups is 2. The van der Waals surface area contributed by atoms with Gasteiger partial charge in [-0.2, -0.15) is 0 Å². The molecule has 3 unspecified atom stereocenters. The number of ketones is 1. The monoisotopic (exact) mass is 279 g/mol. The molecule has 0 aromatic rings. The summed E-state index contributed by atoms with van der Waals surface area (Å²) in [6.07, 6.45) is 10.8. The minimum Gasteiger partial charge on any atom is -0.298 e. The number of rotatable bonds is 1. The van der Waals surface area contributed by atoms with Crippen molar-refractivity contribution in [3.8, 4) is 0 Å². The molecule has 0 fully saturated rings. The maximum atomic E-state index is 12.3. The van der Waals surface area contributed by atoms with Crippen LogP contribution in [0.1, 0.15) is 0 Å². The minimum absolute atomic E-state index is 0.0275. The third-order valence-electron chi connectivity index (χ3n) is 3.22. The van der Waals surface area contributed by atoms with Gasteiger partial charge in [0.1, 0.15) is 17.3 Å². The van der Waals surface area contributed by atoms with Crippen LogP contribution in [-0.4, -0.2) is 29.4 Å². The summed E-state index contributed by atoms with van der Waals surface area (Å²) in [5.41, 5.74) is 1.37. The fraction of sp³-hybridized carbons (Fsp3) is 0.154. The number of Topliss-reactive ketones (excluding diaryl/α,β-unsaturated/α-hetero) is 1. The van der Waals surface area contributed by atoms with Crippen LogP contribution in [0.5, 0.6) is 0 Å². The second-order valence-electron chi connectivity index (χ2n) is 4.29. The molecule has 0 spiro atoms. The second kappa shape index (κ2) is 4.19. The molecule has 3 aliphatic rings. The molecule has 1 N–H and O–H groups in total. The fourth-order valence-electron chi connectivity index (χ4n) is 2.27. The predicted octanol–water partition coefficient (Wildman–Crippen LogP) is 0.0797. The van der Waals surface area contributed by atoms with Crippen LogP contribution in [0, 0.1) is 0 Å². The third-order valence-corrected chi connectivity index (χ3v) is 6.35. The lowest BCUT2D eigenvalue weighted by Gasteiger charge is -2.25. The van der Waals surface area contributed by atoms with Gasteiger partial charge in [0.15, 0.2) is 17.9 Å². The number of allylic oxidation sites excluding steroid dienone is 3. The number of aldehydes is 1. The molecule has 3 nitrogen and oxygen atoms in total. The number of quaternary nitrogens is 1. The molecule has 3 atom stereocenters. The van der Waals surface area contributed by atoms with Gasteiger partial charge in [-0.15, -0.1) is 10.5 Å². The lowest BCUT2D eigenvalue weighted by atomic mass is 10.0. The quantitative estimate of drug-likeness (QED) is 0.319. The van der Waals surface area contributed by atoms with Crippen LogP contribution in [0.2, 0.25) is 0 Å². The molecule has 0 bridgehead atoms. The molecule has 18 heavy (non-hydrogen) atoms. The predicted molar refractivity (Wildman–Crippen MR) is 77.2 cm³/mol. The summed E-state index contributed by atoms with van der Waals surface area (Å²) in [6.45, 7) is 0. The van der Waals surface area contributed by atoms with Gasteiger partial charge in [0.25, 0.3) is 0 Å². The van der Waals surface area contributed by atoms with Gasteiger partial charge in [0.05, 0.1) is 16.5 Å². The van der Waals surface area contributed by atoms with Crippen LogP contribution < -0.4 is 4.90 Å². The van der Waals surface area contributed by atoms with Crippen LogP contribution >= 0.6 is 10.5 Å². The standard InChI is InChI=1S/C13H12NO2S2/c1-17-5-3-14-4-6-18(2)13-11(14)10(17)7-9(8-15)12(13)16/h3-8H,1-2H3/q+1/p+1. The Labute approximate surface area is 111 Å². The van der Waals surface area contributed by atoms with Gasteiger partial charge in [0.2, 0.25) is 16.4 Å². The summed E-state index contributed by atoms with van der Waals surface area (Å²) in [5, 5.41) is 4.20. The molecule has 0 aromatic carbocycles. The molecule has 1 aliphatic carbocycles. The van der Waals surface area contributed by atoms with E-state index in [0.717, 1.165) is 20.4 Å². The number of nitrogens with one attached hydrogen (secondary N) is 1. The highest BCUT2D eigenvalue weighted by Crippen LogP contribution is 2.30. The molecule has 0 amide bonds. The maximum absolute atomic E-state index is 12.3. The van der Waals surface area contributed by atoms with Crippen molar-refractivity contribution in [1.29, 1.82) is 0 Å². The summed E-state index contributed by atoms with van der Waals surface area (Å²) >= 11 is 0. The Morgan fingerprint density at radius 1 is 1.39 bits per heavy atom. The molecule has 0 saturated heterocycles. The van der Waals surface area contributed by atoms with Gasteiger partial charge in [-0.05, 0) is 6.26 Å². The lowest BCUT2D eigenvalue weighted by Crippen LogP contribution is -3.03. The van der Waals surface area contributed by atoms with Crippen molar-refractivity contribution in [2.24, 2.45) is 0 Å². The molecule has 0 aromatic heterocycles. The van der Waals surface area contributed by atoms with E-state index in [4.69, 9.17) is 0 Å². The average molecular weight is 279 g/mol. The molecule has 2 heterocycles. The maximum Gasteiger partial charge on any atom is 0.223 e. The Bertz CT molecular complexity index is 623. The van der Waals surface area contributed by atoms with Crippen LogP contribution in [0.15, 0.2) is 45.5 Å². The van der Waals surface area contributed by atoms with E-state index in [9.17, 15) is 9.59 Å². The highest BCUT2D eigenvalue weighted by Gasteiger charge is 2.43. The van der Waals surface area contributed by atoms with Gasteiger partial charge >= 0.3 is 0 Å². The van der Waals surface area contributed by atoms with Gasteiger partial charge in [-0.3, -0.25) is 9.59 Å². The van der Waals surface area contributed by atoms with Crippen LogP contribution in [-0.2, 0) is 20.5 Å². The summed E-state index contributed by atoms with van der Waals surface area (Å²) in [5.74, 6) is -0.0938. The van der Waals surface area contributed by atoms with Crippen molar-refractivity contribution in [1.82, 2.24) is 0 Å².